The van der Waals surface area contributed by atoms with Gasteiger partial charge in [-0.3, -0.25) is 0 Å². The van der Waals surface area contributed by atoms with Crippen LogP contribution >= 0.6 is 23.2 Å². The van der Waals surface area contributed by atoms with Crippen molar-refractivity contribution in [3.63, 3.8) is 0 Å². The van der Waals surface area contributed by atoms with Crippen LogP contribution in [0.4, 0.5) is 9.59 Å². The molecule has 0 radical (unpaired) electrons. The van der Waals surface area contributed by atoms with Crippen molar-refractivity contribution >= 4 is 45.3 Å². The topological polar surface area (TPSA) is 117 Å². The highest BCUT2D eigenvalue weighted by Gasteiger charge is 2.18. The van der Waals surface area contributed by atoms with Gasteiger partial charge in [-0.25, -0.2) is 22.7 Å². The first-order valence-electron chi connectivity index (χ1n) is 11.5. The molecule has 0 fully saturated rings. The maximum absolute atomic E-state index is 12.6. The summed E-state index contributed by atoms with van der Waals surface area (Å²) in [6.45, 7) is 6.53. The van der Waals surface area contributed by atoms with Crippen LogP contribution in [0.3, 0.4) is 0 Å². The molecule has 0 aliphatic rings. The molecule has 9 nitrogen and oxygen atoms in total. The van der Waals surface area contributed by atoms with Crippen molar-refractivity contribution in [3.8, 4) is 5.75 Å². The van der Waals surface area contributed by atoms with Crippen LogP contribution < -0.4 is 20.1 Å². The molecular formula is C24H32Cl2N4O5S. The van der Waals surface area contributed by atoms with Gasteiger partial charge in [0, 0.05) is 37.2 Å². The lowest BCUT2D eigenvalue weighted by Crippen LogP contribution is -2.46. The van der Waals surface area contributed by atoms with Gasteiger partial charge < -0.3 is 20.3 Å². The quantitative estimate of drug-likeness (QED) is 0.330. The van der Waals surface area contributed by atoms with Crippen molar-refractivity contribution < 1.29 is 22.7 Å². The van der Waals surface area contributed by atoms with Crippen LogP contribution in [0.5, 0.6) is 5.75 Å². The van der Waals surface area contributed by atoms with Crippen LogP contribution in [0.1, 0.15) is 32.3 Å². The van der Waals surface area contributed by atoms with E-state index in [0.29, 0.717) is 30.2 Å². The van der Waals surface area contributed by atoms with Gasteiger partial charge in [0.25, 0.3) is 0 Å². The van der Waals surface area contributed by atoms with Gasteiger partial charge in [0.15, 0.2) is 0 Å². The van der Waals surface area contributed by atoms with Crippen LogP contribution in [0.2, 0.25) is 10.0 Å². The lowest BCUT2D eigenvalue weighted by atomic mass is 10.2. The molecular weight excluding hydrogens is 527 g/mol. The van der Waals surface area contributed by atoms with Crippen molar-refractivity contribution in [2.75, 3.05) is 26.2 Å². The van der Waals surface area contributed by atoms with Crippen LogP contribution in [-0.4, -0.2) is 57.7 Å². The van der Waals surface area contributed by atoms with E-state index >= 15 is 0 Å². The Morgan fingerprint density at radius 3 is 2.42 bits per heavy atom. The van der Waals surface area contributed by atoms with Crippen molar-refractivity contribution in [1.29, 1.82) is 0 Å². The van der Waals surface area contributed by atoms with Crippen LogP contribution in [-0.2, 0) is 10.0 Å². The molecule has 2 aromatic carbocycles. The number of amides is 3. The number of aryl methyl sites for hydroxylation is 1. The molecule has 0 atom stereocenters. The Morgan fingerprint density at radius 1 is 1.03 bits per heavy atom. The standard InChI is InChI=1S/C24H32Cl2N4O5S/c1-17(2)29-23(31)30(15-13-27-24(32)35-21-9-5-4-8-18(21)3)14-7-6-12-28-36(33,34)22-11-10-19(25)16-20(22)26/h4-5,8-11,16-17,28H,6-7,12-15H2,1-3H3,(H,27,32)(H,29,31). The zero-order chi connectivity index (χ0) is 26.7. The summed E-state index contributed by atoms with van der Waals surface area (Å²) in [5.41, 5.74) is 0.833. The van der Waals surface area contributed by atoms with E-state index in [1.165, 1.54) is 18.2 Å². The van der Waals surface area contributed by atoms with E-state index in [0.717, 1.165) is 5.56 Å². The fourth-order valence-electron chi connectivity index (χ4n) is 3.16. The first-order valence-corrected chi connectivity index (χ1v) is 13.7. The summed E-state index contributed by atoms with van der Waals surface area (Å²) in [4.78, 5) is 26.2. The molecule has 0 heterocycles. The van der Waals surface area contributed by atoms with Gasteiger partial charge in [0.1, 0.15) is 10.6 Å². The lowest BCUT2D eigenvalue weighted by molar-refractivity contribution is 0.187. The van der Waals surface area contributed by atoms with E-state index in [2.05, 4.69) is 15.4 Å². The minimum atomic E-state index is -3.79. The predicted molar refractivity (Wildman–Crippen MR) is 141 cm³/mol. The highest BCUT2D eigenvalue weighted by atomic mass is 35.5. The minimum Gasteiger partial charge on any atom is -0.410 e. The van der Waals surface area contributed by atoms with Gasteiger partial charge in [-0.05, 0) is 63.4 Å². The fraction of sp³-hybridized carbons (Fsp3) is 0.417. The van der Waals surface area contributed by atoms with E-state index in [9.17, 15) is 18.0 Å². The molecule has 3 amide bonds. The maximum atomic E-state index is 12.6. The normalized spacial score (nSPS) is 11.3. The van der Waals surface area contributed by atoms with E-state index in [1.54, 1.807) is 17.0 Å². The predicted octanol–water partition coefficient (Wildman–Crippen LogP) is 4.57. The third-order valence-corrected chi connectivity index (χ3v) is 7.16. The van der Waals surface area contributed by atoms with E-state index in [1.807, 2.05) is 32.9 Å². The van der Waals surface area contributed by atoms with Gasteiger partial charge in [0.2, 0.25) is 10.0 Å². The number of halogens is 2. The highest BCUT2D eigenvalue weighted by Crippen LogP contribution is 2.24. The first kappa shape index (κ1) is 29.7. The Bertz CT molecular complexity index is 1150. The fourth-order valence-corrected chi connectivity index (χ4v) is 5.00. The molecule has 0 bridgehead atoms. The summed E-state index contributed by atoms with van der Waals surface area (Å²) in [5.74, 6) is 0.465. The van der Waals surface area contributed by atoms with Gasteiger partial charge >= 0.3 is 12.1 Å². The van der Waals surface area contributed by atoms with Gasteiger partial charge in [-0.2, -0.15) is 0 Å². The minimum absolute atomic E-state index is 0.0417. The molecule has 0 aliphatic heterocycles. The average Bonchev–Trinajstić information content (AvgIpc) is 2.78. The number of ether oxygens (including phenoxy) is 1. The molecule has 198 valence electrons. The number of hydrogen-bond acceptors (Lipinski definition) is 5. The summed E-state index contributed by atoms with van der Waals surface area (Å²) in [6.07, 6.45) is 0.415. The second kappa shape index (κ2) is 14.3. The number of urea groups is 1. The number of carbonyl (C=O) groups is 2. The second-order valence-electron chi connectivity index (χ2n) is 8.35. The molecule has 3 N–H and O–H groups in total. The molecule has 2 aromatic rings. The number of rotatable bonds is 12. The van der Waals surface area contributed by atoms with Crippen molar-refractivity contribution in [2.24, 2.45) is 0 Å². The van der Waals surface area contributed by atoms with E-state index < -0.39 is 16.1 Å². The lowest BCUT2D eigenvalue weighted by Gasteiger charge is -2.24. The molecule has 0 spiro atoms. The summed E-state index contributed by atoms with van der Waals surface area (Å²) < 4.78 is 32.8. The number of carbonyl (C=O) groups excluding carboxylic acids is 2. The summed E-state index contributed by atoms with van der Waals surface area (Å²) in [5, 5.41) is 5.87. The highest BCUT2D eigenvalue weighted by molar-refractivity contribution is 7.89. The number of sulfonamides is 1. The Balaban J connectivity index is 1.82. The largest absolute Gasteiger partial charge is 0.412 e. The van der Waals surface area contributed by atoms with Gasteiger partial charge in [-0.15, -0.1) is 0 Å². The molecule has 0 saturated carbocycles. The summed E-state index contributed by atoms with van der Waals surface area (Å²) in [7, 11) is -3.79. The number of nitrogens with zero attached hydrogens (tertiary/aromatic N) is 1. The van der Waals surface area contributed by atoms with Crippen LogP contribution in [0, 0.1) is 6.92 Å². The molecule has 12 heteroatoms. The van der Waals surface area contributed by atoms with Crippen molar-refractivity contribution in [2.45, 2.75) is 44.6 Å². The van der Waals surface area contributed by atoms with Gasteiger partial charge in [0.05, 0.1) is 5.02 Å². The van der Waals surface area contributed by atoms with Crippen molar-refractivity contribution in [1.82, 2.24) is 20.3 Å². The average molecular weight is 560 g/mol. The molecule has 0 aromatic heterocycles. The molecule has 36 heavy (non-hydrogen) atoms. The Hall–Kier alpha value is -2.53. The maximum Gasteiger partial charge on any atom is 0.412 e. The summed E-state index contributed by atoms with van der Waals surface area (Å²) >= 11 is 11.8. The zero-order valence-corrected chi connectivity index (χ0v) is 22.8. The number of unbranched alkanes of at least 4 members (excludes halogenated alkanes) is 1. The smallest absolute Gasteiger partial charge is 0.410 e. The zero-order valence-electron chi connectivity index (χ0n) is 20.5. The van der Waals surface area contributed by atoms with Crippen LogP contribution in [0.25, 0.3) is 0 Å². The van der Waals surface area contributed by atoms with E-state index in [4.69, 9.17) is 27.9 Å². The third kappa shape index (κ3) is 9.85. The monoisotopic (exact) mass is 558 g/mol. The Morgan fingerprint density at radius 2 is 1.75 bits per heavy atom. The number of benzene rings is 2. The summed E-state index contributed by atoms with van der Waals surface area (Å²) in [6, 6.07) is 11.0. The van der Waals surface area contributed by atoms with Crippen molar-refractivity contribution in [3.05, 3.63) is 58.1 Å². The van der Waals surface area contributed by atoms with Crippen LogP contribution in [0.15, 0.2) is 47.4 Å². The first-order chi connectivity index (χ1) is 17.0. The SMILES string of the molecule is Cc1ccccc1OC(=O)NCCN(CCCCNS(=O)(=O)c1ccc(Cl)cc1Cl)C(=O)NC(C)C. The second-order valence-corrected chi connectivity index (χ2v) is 10.9. The third-order valence-electron chi connectivity index (χ3n) is 4.98. The molecule has 0 unspecified atom stereocenters. The molecule has 2 rings (SSSR count). The molecule has 0 aliphatic carbocycles. The van der Waals surface area contributed by atoms with E-state index in [-0.39, 0.29) is 41.6 Å². The number of hydrogen-bond donors (Lipinski definition) is 3. The van der Waals surface area contributed by atoms with Gasteiger partial charge in [-0.1, -0.05) is 41.4 Å². The Kier molecular flexibility index (Phi) is 11.8. The number of para-hydroxylation sites is 1. The Labute approximate surface area is 222 Å². The number of nitrogens with one attached hydrogen (secondary N) is 3. The molecule has 0 saturated heterocycles.